The number of methoxy groups -OCH3 is 1. The lowest BCUT2D eigenvalue weighted by Crippen LogP contribution is -2.24. The quantitative estimate of drug-likeness (QED) is 0.662. The Morgan fingerprint density at radius 1 is 1.41 bits per heavy atom. The van der Waals surface area contributed by atoms with Gasteiger partial charge < -0.3 is 10.1 Å². The summed E-state index contributed by atoms with van der Waals surface area (Å²) in [5.74, 6) is -0.173. The third kappa shape index (κ3) is 5.22. The summed E-state index contributed by atoms with van der Waals surface area (Å²) in [6.07, 6.45) is 3.11. The fourth-order valence-electron chi connectivity index (χ4n) is 1.12. The molecule has 0 saturated carbocycles. The molecule has 0 unspecified atom stereocenters. The van der Waals surface area contributed by atoms with E-state index in [4.69, 9.17) is 27.9 Å². The van der Waals surface area contributed by atoms with Crippen molar-refractivity contribution in [2.75, 3.05) is 20.3 Å². The zero-order valence-corrected chi connectivity index (χ0v) is 10.9. The van der Waals surface area contributed by atoms with Crippen molar-refractivity contribution in [3.05, 3.63) is 39.9 Å². The van der Waals surface area contributed by atoms with Crippen molar-refractivity contribution >= 4 is 35.2 Å². The molecule has 17 heavy (non-hydrogen) atoms. The molecular weight excluding hydrogens is 261 g/mol. The van der Waals surface area contributed by atoms with Crippen LogP contribution in [0.4, 0.5) is 0 Å². The van der Waals surface area contributed by atoms with E-state index >= 15 is 0 Å². The molecule has 1 aromatic carbocycles. The highest BCUT2D eigenvalue weighted by atomic mass is 35.5. The number of amides is 1. The first-order valence-electron chi connectivity index (χ1n) is 5.03. The van der Waals surface area contributed by atoms with Crippen LogP contribution in [0.2, 0.25) is 10.0 Å². The van der Waals surface area contributed by atoms with Gasteiger partial charge in [0, 0.05) is 19.7 Å². The molecule has 1 N–H and O–H groups in total. The standard InChI is InChI=1S/C12H13Cl2NO2/c1-17-7-6-15-12(16)5-3-9-2-4-10(13)11(14)8-9/h2-5,8H,6-7H2,1H3,(H,15,16). The highest BCUT2D eigenvalue weighted by Crippen LogP contribution is 2.22. The van der Waals surface area contributed by atoms with Gasteiger partial charge in [0.05, 0.1) is 16.7 Å². The lowest BCUT2D eigenvalue weighted by atomic mass is 10.2. The van der Waals surface area contributed by atoms with Crippen LogP contribution in [0.1, 0.15) is 5.56 Å². The molecule has 92 valence electrons. The number of carbonyl (C=O) groups is 1. The van der Waals surface area contributed by atoms with Gasteiger partial charge >= 0.3 is 0 Å². The molecule has 0 aliphatic heterocycles. The van der Waals surface area contributed by atoms with Crippen molar-refractivity contribution in [1.82, 2.24) is 5.32 Å². The largest absolute Gasteiger partial charge is 0.383 e. The monoisotopic (exact) mass is 273 g/mol. The maximum atomic E-state index is 11.3. The van der Waals surface area contributed by atoms with Crippen LogP contribution < -0.4 is 5.32 Å². The minimum absolute atomic E-state index is 0.173. The molecule has 0 aromatic heterocycles. The summed E-state index contributed by atoms with van der Waals surface area (Å²) in [5.41, 5.74) is 0.821. The zero-order valence-electron chi connectivity index (χ0n) is 9.37. The minimum Gasteiger partial charge on any atom is -0.383 e. The number of rotatable bonds is 5. The van der Waals surface area contributed by atoms with Crippen LogP contribution in [0, 0.1) is 0 Å². The van der Waals surface area contributed by atoms with E-state index in [1.165, 1.54) is 6.08 Å². The SMILES string of the molecule is COCCNC(=O)C=Cc1ccc(Cl)c(Cl)c1. The van der Waals surface area contributed by atoms with Gasteiger partial charge in [-0.05, 0) is 23.8 Å². The van der Waals surface area contributed by atoms with Crippen LogP contribution in [0.5, 0.6) is 0 Å². The average molecular weight is 274 g/mol. The van der Waals surface area contributed by atoms with Gasteiger partial charge in [0.1, 0.15) is 0 Å². The van der Waals surface area contributed by atoms with E-state index in [-0.39, 0.29) is 5.91 Å². The van der Waals surface area contributed by atoms with Gasteiger partial charge in [-0.2, -0.15) is 0 Å². The first-order valence-corrected chi connectivity index (χ1v) is 5.79. The lowest BCUT2D eigenvalue weighted by molar-refractivity contribution is -0.116. The molecule has 0 heterocycles. The van der Waals surface area contributed by atoms with Gasteiger partial charge in [0.25, 0.3) is 0 Å². The van der Waals surface area contributed by atoms with E-state index in [0.717, 1.165) is 5.56 Å². The average Bonchev–Trinajstić information content (AvgIpc) is 2.31. The molecule has 1 amide bonds. The summed E-state index contributed by atoms with van der Waals surface area (Å²) < 4.78 is 4.81. The summed E-state index contributed by atoms with van der Waals surface area (Å²) in [6, 6.07) is 5.17. The van der Waals surface area contributed by atoms with E-state index < -0.39 is 0 Å². The fraction of sp³-hybridized carbons (Fsp3) is 0.250. The molecule has 5 heteroatoms. The fourth-order valence-corrected chi connectivity index (χ4v) is 1.43. The van der Waals surface area contributed by atoms with Gasteiger partial charge in [-0.3, -0.25) is 4.79 Å². The molecule has 3 nitrogen and oxygen atoms in total. The van der Waals surface area contributed by atoms with Crippen LogP contribution in [-0.4, -0.2) is 26.2 Å². The third-order valence-corrected chi connectivity index (χ3v) is 2.72. The highest BCUT2D eigenvalue weighted by molar-refractivity contribution is 6.42. The number of nitrogens with one attached hydrogen (secondary N) is 1. The number of hydrogen-bond donors (Lipinski definition) is 1. The van der Waals surface area contributed by atoms with E-state index in [9.17, 15) is 4.79 Å². The normalized spacial score (nSPS) is 10.8. The van der Waals surface area contributed by atoms with Crippen LogP contribution >= 0.6 is 23.2 Å². The maximum Gasteiger partial charge on any atom is 0.244 e. The molecule has 0 fully saturated rings. The first-order chi connectivity index (χ1) is 8.13. The number of ether oxygens (including phenoxy) is 1. The molecule has 0 saturated heterocycles. The van der Waals surface area contributed by atoms with Gasteiger partial charge in [0.2, 0.25) is 5.91 Å². The zero-order chi connectivity index (χ0) is 12.7. The third-order valence-electron chi connectivity index (χ3n) is 1.98. The lowest BCUT2D eigenvalue weighted by Gasteiger charge is -2.00. The maximum absolute atomic E-state index is 11.3. The van der Waals surface area contributed by atoms with Gasteiger partial charge in [0.15, 0.2) is 0 Å². The molecule has 1 aromatic rings. The number of hydrogen-bond acceptors (Lipinski definition) is 2. The Morgan fingerprint density at radius 3 is 2.82 bits per heavy atom. The van der Waals surface area contributed by atoms with Crippen molar-refractivity contribution in [3.63, 3.8) is 0 Å². The van der Waals surface area contributed by atoms with Crippen LogP contribution in [0.25, 0.3) is 6.08 Å². The summed E-state index contributed by atoms with van der Waals surface area (Å²) >= 11 is 11.6. The number of halogens is 2. The molecular formula is C12H13Cl2NO2. The Labute approximate surface area is 110 Å². The summed E-state index contributed by atoms with van der Waals surface area (Å²) in [7, 11) is 1.58. The molecule has 0 atom stereocenters. The second-order valence-corrected chi connectivity index (χ2v) is 4.11. The predicted octanol–water partition coefficient (Wildman–Crippen LogP) is 2.77. The highest BCUT2D eigenvalue weighted by Gasteiger charge is 1.98. The summed E-state index contributed by atoms with van der Waals surface area (Å²) in [4.78, 5) is 11.3. The van der Waals surface area contributed by atoms with Gasteiger partial charge in [-0.15, -0.1) is 0 Å². The minimum atomic E-state index is -0.173. The Morgan fingerprint density at radius 2 is 2.18 bits per heavy atom. The van der Waals surface area contributed by atoms with E-state index in [0.29, 0.717) is 23.2 Å². The number of benzene rings is 1. The Balaban J connectivity index is 2.52. The van der Waals surface area contributed by atoms with E-state index in [1.54, 1.807) is 31.4 Å². The first kappa shape index (κ1) is 14.0. The smallest absolute Gasteiger partial charge is 0.244 e. The van der Waals surface area contributed by atoms with Crippen molar-refractivity contribution in [1.29, 1.82) is 0 Å². The van der Waals surface area contributed by atoms with Gasteiger partial charge in [-0.25, -0.2) is 0 Å². The second-order valence-electron chi connectivity index (χ2n) is 3.29. The van der Waals surface area contributed by atoms with Crippen LogP contribution in [0.15, 0.2) is 24.3 Å². The number of carbonyl (C=O) groups excluding carboxylic acids is 1. The molecule has 0 spiro atoms. The van der Waals surface area contributed by atoms with E-state index in [2.05, 4.69) is 5.32 Å². The molecule has 0 aliphatic rings. The predicted molar refractivity (Wildman–Crippen MR) is 70.4 cm³/mol. The molecule has 1 rings (SSSR count). The summed E-state index contributed by atoms with van der Waals surface area (Å²) in [6.45, 7) is 0.980. The Bertz CT molecular complexity index is 419. The van der Waals surface area contributed by atoms with Crippen molar-refractivity contribution in [2.45, 2.75) is 0 Å². The molecule has 0 radical (unpaired) electrons. The van der Waals surface area contributed by atoms with Crippen LogP contribution in [-0.2, 0) is 9.53 Å². The molecule has 0 bridgehead atoms. The van der Waals surface area contributed by atoms with Crippen molar-refractivity contribution < 1.29 is 9.53 Å². The van der Waals surface area contributed by atoms with Gasteiger partial charge in [-0.1, -0.05) is 29.3 Å². The molecule has 0 aliphatic carbocycles. The van der Waals surface area contributed by atoms with Crippen LogP contribution in [0.3, 0.4) is 0 Å². The van der Waals surface area contributed by atoms with E-state index in [1.807, 2.05) is 0 Å². The second kappa shape index (κ2) is 7.33. The van der Waals surface area contributed by atoms with Crippen molar-refractivity contribution in [3.8, 4) is 0 Å². The summed E-state index contributed by atoms with van der Waals surface area (Å²) in [5, 5.41) is 3.63. The Hall–Kier alpha value is -1.03. The topological polar surface area (TPSA) is 38.3 Å². The Kier molecular flexibility index (Phi) is 6.05. The van der Waals surface area contributed by atoms with Crippen molar-refractivity contribution in [2.24, 2.45) is 0 Å².